The first-order valence-electron chi connectivity index (χ1n) is 19.8. The second-order valence-corrected chi connectivity index (χ2v) is 16.6. The number of carbonyl (C=O) groups excluding carboxylic acids is 3. The summed E-state index contributed by atoms with van der Waals surface area (Å²) in [5.74, 6) is -0.410. The van der Waals surface area contributed by atoms with Crippen LogP contribution in [0.5, 0.6) is 0 Å². The maximum absolute atomic E-state index is 13.9. The summed E-state index contributed by atoms with van der Waals surface area (Å²) >= 11 is 0. The van der Waals surface area contributed by atoms with Crippen LogP contribution in [0.4, 0.5) is 0 Å². The third-order valence-corrected chi connectivity index (χ3v) is 12.9. The molecule has 0 amide bonds. The number of hydrogen-bond donors (Lipinski definition) is 4. The van der Waals surface area contributed by atoms with Crippen molar-refractivity contribution in [3.05, 3.63) is 12.2 Å². The van der Waals surface area contributed by atoms with E-state index in [4.69, 9.17) is 33.2 Å². The van der Waals surface area contributed by atoms with Gasteiger partial charge in [0, 0.05) is 58.0 Å². The lowest BCUT2D eigenvalue weighted by molar-refractivity contribution is -0.259. The van der Waals surface area contributed by atoms with Crippen molar-refractivity contribution in [2.45, 2.75) is 188 Å². The summed E-state index contributed by atoms with van der Waals surface area (Å²) in [7, 11) is 1.56. The van der Waals surface area contributed by atoms with Crippen LogP contribution < -0.4 is 0 Å². The number of methoxy groups -OCH3 is 1. The van der Waals surface area contributed by atoms with E-state index in [0.29, 0.717) is 38.5 Å². The quantitative estimate of drug-likeness (QED) is 0.300. The maximum atomic E-state index is 13.9. The Morgan fingerprint density at radius 1 is 0.736 bits per heavy atom. The van der Waals surface area contributed by atoms with Gasteiger partial charge in [-0.25, -0.2) is 0 Å². The Labute approximate surface area is 310 Å². The first-order valence-corrected chi connectivity index (χ1v) is 19.8. The predicted molar refractivity (Wildman–Crippen MR) is 185 cm³/mol. The predicted octanol–water partition coefficient (Wildman–Crippen LogP) is 1.28. The molecule has 7 saturated heterocycles. The molecule has 7 aliphatic rings. The van der Waals surface area contributed by atoms with Gasteiger partial charge in [-0.05, 0) is 50.0 Å². The van der Waals surface area contributed by atoms with E-state index in [0.717, 1.165) is 12.0 Å². The molecular formula is C39H58O14. The van der Waals surface area contributed by atoms with E-state index in [1.54, 1.807) is 7.11 Å². The lowest BCUT2D eigenvalue weighted by Crippen LogP contribution is -2.61. The van der Waals surface area contributed by atoms with Crippen LogP contribution in [0, 0.1) is 11.8 Å². The van der Waals surface area contributed by atoms with E-state index in [1.807, 2.05) is 0 Å². The number of Topliss-reactive ketones (excluding diaryl/α,β-unsaturated/α-hetero) is 3. The highest BCUT2D eigenvalue weighted by molar-refractivity contribution is 5.85. The molecule has 53 heavy (non-hydrogen) atoms. The summed E-state index contributed by atoms with van der Waals surface area (Å²) in [6.45, 7) is 6.05. The monoisotopic (exact) mass is 750 g/mol. The lowest BCUT2D eigenvalue weighted by Gasteiger charge is -2.46. The van der Waals surface area contributed by atoms with Crippen molar-refractivity contribution in [1.29, 1.82) is 0 Å². The molecule has 7 heterocycles. The Morgan fingerprint density at radius 2 is 1.45 bits per heavy atom. The van der Waals surface area contributed by atoms with E-state index in [1.165, 1.54) is 0 Å². The molecule has 7 aliphatic heterocycles. The molecule has 18 atom stereocenters. The maximum Gasteiger partial charge on any atom is 0.164 e. The highest BCUT2D eigenvalue weighted by atomic mass is 16.6. The van der Waals surface area contributed by atoms with E-state index in [2.05, 4.69) is 13.5 Å². The van der Waals surface area contributed by atoms with Gasteiger partial charge in [0.1, 0.15) is 48.2 Å². The van der Waals surface area contributed by atoms with Crippen molar-refractivity contribution in [1.82, 2.24) is 0 Å². The van der Waals surface area contributed by atoms with Gasteiger partial charge >= 0.3 is 0 Å². The fourth-order valence-corrected chi connectivity index (χ4v) is 10.0. The van der Waals surface area contributed by atoms with Crippen LogP contribution in [0.25, 0.3) is 0 Å². The molecule has 11 unspecified atom stereocenters. The Morgan fingerprint density at radius 3 is 2.23 bits per heavy atom. The Kier molecular flexibility index (Phi) is 12.5. The number of aliphatic hydroxyl groups is 4. The molecule has 0 saturated carbocycles. The Balaban J connectivity index is 1.11. The summed E-state index contributed by atoms with van der Waals surface area (Å²) in [4.78, 5) is 39.9. The molecule has 0 aromatic heterocycles. The summed E-state index contributed by atoms with van der Waals surface area (Å²) in [5, 5.41) is 42.5. The number of fused-ring (bicyclic) bond motifs is 7. The van der Waals surface area contributed by atoms with Gasteiger partial charge < -0.3 is 53.6 Å². The van der Waals surface area contributed by atoms with E-state index in [-0.39, 0.29) is 86.0 Å². The molecule has 0 aliphatic carbocycles. The molecule has 0 spiro atoms. The Hall–Kier alpha value is -1.69. The van der Waals surface area contributed by atoms with Gasteiger partial charge in [0.25, 0.3) is 0 Å². The van der Waals surface area contributed by atoms with Crippen LogP contribution in [-0.4, -0.2) is 149 Å². The van der Waals surface area contributed by atoms with Crippen LogP contribution in [0.1, 0.15) is 90.4 Å². The number of aliphatic hydroxyl groups excluding tert-OH is 4. The zero-order chi connectivity index (χ0) is 37.6. The molecule has 0 aromatic rings. The van der Waals surface area contributed by atoms with Crippen LogP contribution in [-0.2, 0) is 47.5 Å². The number of hydrogen-bond acceptors (Lipinski definition) is 14. The van der Waals surface area contributed by atoms with Gasteiger partial charge in [0.05, 0.1) is 67.6 Å². The molecule has 0 aromatic carbocycles. The number of rotatable bonds is 4. The van der Waals surface area contributed by atoms with Crippen molar-refractivity contribution < 1.29 is 68.0 Å². The molecular weight excluding hydrogens is 692 g/mol. The van der Waals surface area contributed by atoms with Crippen LogP contribution in [0.3, 0.4) is 0 Å². The van der Waals surface area contributed by atoms with Crippen molar-refractivity contribution in [3.63, 3.8) is 0 Å². The van der Waals surface area contributed by atoms with Crippen molar-refractivity contribution in [3.8, 4) is 0 Å². The fourth-order valence-electron chi connectivity index (χ4n) is 10.0. The molecule has 14 nitrogen and oxygen atoms in total. The average molecular weight is 751 g/mol. The van der Waals surface area contributed by atoms with Crippen LogP contribution in [0.2, 0.25) is 0 Å². The van der Waals surface area contributed by atoms with Gasteiger partial charge in [0.15, 0.2) is 5.78 Å². The molecule has 298 valence electrons. The van der Waals surface area contributed by atoms with Crippen molar-refractivity contribution in [2.24, 2.45) is 11.8 Å². The average Bonchev–Trinajstić information content (AvgIpc) is 3.76. The third-order valence-electron chi connectivity index (χ3n) is 12.9. The number of carbonyl (C=O) groups is 3. The second-order valence-electron chi connectivity index (χ2n) is 16.6. The van der Waals surface area contributed by atoms with Gasteiger partial charge in [-0.1, -0.05) is 13.5 Å². The number of ether oxygens (including phenoxy) is 7. The first kappa shape index (κ1) is 39.5. The highest BCUT2D eigenvalue weighted by Gasteiger charge is 2.57. The summed E-state index contributed by atoms with van der Waals surface area (Å²) in [5.41, 5.74) is 0.934. The molecule has 7 fully saturated rings. The second kappa shape index (κ2) is 16.8. The zero-order valence-corrected chi connectivity index (χ0v) is 30.9. The minimum Gasteiger partial charge on any atom is -0.394 e. The molecule has 8 bridgehead atoms. The zero-order valence-electron chi connectivity index (χ0n) is 30.9. The SMILES string of the molecule is C=C1C2C[C@@H]3OC(CC(O)CO)[C@H](OC)C3CC(=O)CC3CCC4O[C@@H]5C(O[C@H](CC(=O)CCC6CC(=O)C(CC[C@@H](C[C@H]1C)O2)O6)C5O)C(O)[C@H]4O3. The third kappa shape index (κ3) is 8.53. The molecule has 4 N–H and O–H groups in total. The molecule has 0 radical (unpaired) electrons. The van der Waals surface area contributed by atoms with Gasteiger partial charge in [-0.15, -0.1) is 0 Å². The van der Waals surface area contributed by atoms with Crippen LogP contribution >= 0.6 is 0 Å². The van der Waals surface area contributed by atoms with E-state index >= 15 is 0 Å². The van der Waals surface area contributed by atoms with Gasteiger partial charge in [-0.2, -0.15) is 0 Å². The largest absolute Gasteiger partial charge is 0.394 e. The Bertz CT molecular complexity index is 1340. The smallest absolute Gasteiger partial charge is 0.164 e. The minimum atomic E-state index is -1.13. The molecule has 7 rings (SSSR count). The number of ketones is 3. The normalized spacial score (nSPS) is 47.7. The van der Waals surface area contributed by atoms with Gasteiger partial charge in [0.2, 0.25) is 0 Å². The highest BCUT2D eigenvalue weighted by Crippen LogP contribution is 2.43. The first-order chi connectivity index (χ1) is 25.4. The molecule has 14 heteroatoms. The topological polar surface area (TPSA) is 197 Å². The van der Waals surface area contributed by atoms with E-state index < -0.39 is 86.0 Å². The summed E-state index contributed by atoms with van der Waals surface area (Å²) in [6.07, 6.45) is -6.21. The summed E-state index contributed by atoms with van der Waals surface area (Å²) < 4.78 is 43.8. The summed E-state index contributed by atoms with van der Waals surface area (Å²) in [6, 6.07) is 0. The standard InChI is InChI=1S/C39H58O14/c1-18-10-23-6-8-28-27(44)15-25(48-28)5-4-20(41)13-32-34(45)38-39(53-32)35(46)37-29(52-38)9-7-24(50-37)11-21(42)12-26-31(16-30(49-23)19(18)2)51-33(36(26)47-3)14-22(43)17-40/h18,22-26,28-40,43,45-46H,2,4-17H2,1,3H3/t18-,22?,23+,24?,25?,26?,28?,29?,30?,31+,32-,33?,34?,35?,36-,37+,38+,39?/m1/s1. The van der Waals surface area contributed by atoms with Crippen molar-refractivity contribution >= 4 is 17.3 Å². The van der Waals surface area contributed by atoms with Gasteiger partial charge in [-0.3, -0.25) is 14.4 Å². The fraction of sp³-hybridized carbons (Fsp3) is 0.872. The van der Waals surface area contributed by atoms with Crippen molar-refractivity contribution in [2.75, 3.05) is 13.7 Å². The lowest BCUT2D eigenvalue weighted by atomic mass is 9.81. The van der Waals surface area contributed by atoms with E-state index in [9.17, 15) is 34.8 Å². The van der Waals surface area contributed by atoms with Crippen LogP contribution in [0.15, 0.2) is 12.2 Å². The minimum absolute atomic E-state index is 0.0120.